The van der Waals surface area contributed by atoms with Crippen LogP contribution >= 0.6 is 11.3 Å². The van der Waals surface area contributed by atoms with E-state index in [1.54, 1.807) is 5.38 Å². The van der Waals surface area contributed by atoms with Crippen LogP contribution < -0.4 is 4.74 Å². The molecule has 0 aliphatic carbocycles. The van der Waals surface area contributed by atoms with E-state index >= 15 is 0 Å². The molecule has 0 aliphatic rings. The molecule has 2 rings (SSSR count). The SMILES string of the molecule is COc1ccc([N+](=O)[O-])c(C(=O)OCc2csc(C)n2)c1. The molecule has 0 fully saturated rings. The molecule has 0 amide bonds. The molecule has 0 N–H and O–H groups in total. The van der Waals surface area contributed by atoms with Gasteiger partial charge in [-0.15, -0.1) is 11.3 Å². The van der Waals surface area contributed by atoms with E-state index in [0.29, 0.717) is 11.4 Å². The van der Waals surface area contributed by atoms with Crippen LogP contribution in [0.4, 0.5) is 5.69 Å². The van der Waals surface area contributed by atoms with Gasteiger partial charge in [-0.05, 0) is 13.0 Å². The number of methoxy groups -OCH3 is 1. The van der Waals surface area contributed by atoms with Gasteiger partial charge in [0.15, 0.2) is 0 Å². The van der Waals surface area contributed by atoms with Crippen LogP contribution in [0.2, 0.25) is 0 Å². The van der Waals surface area contributed by atoms with Crippen LogP contribution in [-0.2, 0) is 11.3 Å². The number of carbonyl (C=O) groups is 1. The van der Waals surface area contributed by atoms with Crippen molar-refractivity contribution >= 4 is 23.0 Å². The fourth-order valence-corrected chi connectivity index (χ4v) is 2.25. The zero-order valence-electron chi connectivity index (χ0n) is 11.4. The number of benzene rings is 1. The van der Waals surface area contributed by atoms with E-state index in [9.17, 15) is 14.9 Å². The Bertz CT molecular complexity index is 683. The van der Waals surface area contributed by atoms with E-state index in [0.717, 1.165) is 5.01 Å². The fourth-order valence-electron chi connectivity index (χ4n) is 1.66. The summed E-state index contributed by atoms with van der Waals surface area (Å²) in [6.45, 7) is 1.81. The molecule has 0 atom stereocenters. The first kappa shape index (κ1) is 14.9. The molecule has 7 nitrogen and oxygen atoms in total. The van der Waals surface area contributed by atoms with Crippen LogP contribution in [0.5, 0.6) is 5.75 Å². The summed E-state index contributed by atoms with van der Waals surface area (Å²) in [6, 6.07) is 3.91. The van der Waals surface area contributed by atoms with Crippen molar-refractivity contribution in [1.29, 1.82) is 0 Å². The van der Waals surface area contributed by atoms with Crippen molar-refractivity contribution in [2.75, 3.05) is 7.11 Å². The fraction of sp³-hybridized carbons (Fsp3) is 0.231. The largest absolute Gasteiger partial charge is 0.497 e. The van der Waals surface area contributed by atoms with Crippen molar-refractivity contribution in [3.8, 4) is 5.75 Å². The predicted molar refractivity (Wildman–Crippen MR) is 75.6 cm³/mol. The highest BCUT2D eigenvalue weighted by atomic mass is 32.1. The summed E-state index contributed by atoms with van der Waals surface area (Å²) in [5.74, 6) is -0.441. The molecule has 1 aromatic heterocycles. The lowest BCUT2D eigenvalue weighted by Crippen LogP contribution is -2.09. The van der Waals surface area contributed by atoms with Gasteiger partial charge in [0, 0.05) is 17.5 Å². The van der Waals surface area contributed by atoms with Gasteiger partial charge in [0.05, 0.1) is 22.7 Å². The Hall–Kier alpha value is -2.48. The van der Waals surface area contributed by atoms with Gasteiger partial charge in [0.25, 0.3) is 5.69 Å². The maximum Gasteiger partial charge on any atom is 0.345 e. The molecule has 1 heterocycles. The Kier molecular flexibility index (Phi) is 4.49. The van der Waals surface area contributed by atoms with Gasteiger partial charge in [-0.25, -0.2) is 9.78 Å². The monoisotopic (exact) mass is 308 g/mol. The molecular weight excluding hydrogens is 296 g/mol. The lowest BCUT2D eigenvalue weighted by Gasteiger charge is -2.06. The molecule has 0 aliphatic heterocycles. The van der Waals surface area contributed by atoms with Crippen molar-refractivity contribution in [2.45, 2.75) is 13.5 Å². The van der Waals surface area contributed by atoms with Crippen LogP contribution in [0.15, 0.2) is 23.6 Å². The highest BCUT2D eigenvalue weighted by Gasteiger charge is 2.22. The summed E-state index contributed by atoms with van der Waals surface area (Å²) in [6.07, 6.45) is 0. The molecular formula is C13H12N2O5S. The van der Waals surface area contributed by atoms with Gasteiger partial charge in [-0.3, -0.25) is 10.1 Å². The molecule has 0 spiro atoms. The van der Waals surface area contributed by atoms with Crippen molar-refractivity contribution in [3.63, 3.8) is 0 Å². The lowest BCUT2D eigenvalue weighted by molar-refractivity contribution is -0.385. The van der Waals surface area contributed by atoms with Crippen LogP contribution in [0.25, 0.3) is 0 Å². The van der Waals surface area contributed by atoms with E-state index < -0.39 is 10.9 Å². The minimum atomic E-state index is -0.786. The van der Waals surface area contributed by atoms with Gasteiger partial charge in [0.1, 0.15) is 17.9 Å². The second-order valence-corrected chi connectivity index (χ2v) is 5.14. The highest BCUT2D eigenvalue weighted by Crippen LogP contribution is 2.25. The summed E-state index contributed by atoms with van der Waals surface area (Å²) in [5.41, 5.74) is 0.137. The predicted octanol–water partition coefficient (Wildman–Crippen LogP) is 2.73. The Labute approximate surface area is 124 Å². The number of carbonyl (C=O) groups excluding carboxylic acids is 1. The van der Waals surface area contributed by atoms with Crippen LogP contribution in [0, 0.1) is 17.0 Å². The molecule has 0 unspecified atom stereocenters. The molecule has 2 aromatic rings. The van der Waals surface area contributed by atoms with Crippen molar-refractivity contribution in [2.24, 2.45) is 0 Å². The third-order valence-corrected chi connectivity index (χ3v) is 3.46. The number of aryl methyl sites for hydroxylation is 1. The molecule has 0 radical (unpaired) electrons. The molecule has 110 valence electrons. The van der Waals surface area contributed by atoms with Gasteiger partial charge in [-0.1, -0.05) is 0 Å². The van der Waals surface area contributed by atoms with Crippen molar-refractivity contribution in [3.05, 3.63) is 50.0 Å². The van der Waals surface area contributed by atoms with Gasteiger partial charge in [0.2, 0.25) is 0 Å². The molecule has 0 saturated heterocycles. The van der Waals surface area contributed by atoms with E-state index in [2.05, 4.69) is 4.98 Å². The number of thiazole rings is 1. The third kappa shape index (κ3) is 3.54. The van der Waals surface area contributed by atoms with Crippen molar-refractivity contribution < 1.29 is 19.2 Å². The zero-order chi connectivity index (χ0) is 15.4. The number of aromatic nitrogens is 1. The first-order chi connectivity index (χ1) is 10.0. The first-order valence-corrected chi connectivity index (χ1v) is 6.80. The summed E-state index contributed by atoms with van der Waals surface area (Å²) in [4.78, 5) is 26.5. The second-order valence-electron chi connectivity index (χ2n) is 4.07. The average molecular weight is 308 g/mol. The molecule has 1 aromatic carbocycles. The van der Waals surface area contributed by atoms with Crippen molar-refractivity contribution in [1.82, 2.24) is 4.98 Å². The second kappa shape index (κ2) is 6.31. The molecule has 21 heavy (non-hydrogen) atoms. The number of esters is 1. The maximum absolute atomic E-state index is 12.0. The van der Waals surface area contributed by atoms with Crippen LogP contribution in [0.3, 0.4) is 0 Å². The number of nitro benzene ring substituents is 1. The minimum absolute atomic E-state index is 0.0302. The number of nitrogens with zero attached hydrogens (tertiary/aromatic N) is 2. The zero-order valence-corrected chi connectivity index (χ0v) is 12.2. The summed E-state index contributed by atoms with van der Waals surface area (Å²) in [7, 11) is 1.41. The quantitative estimate of drug-likeness (QED) is 0.479. The van der Waals surface area contributed by atoms with Crippen LogP contribution in [0.1, 0.15) is 21.1 Å². The number of hydrogen-bond donors (Lipinski definition) is 0. The van der Waals surface area contributed by atoms with Gasteiger partial charge < -0.3 is 9.47 Å². The summed E-state index contributed by atoms with van der Waals surface area (Å²) in [5, 5.41) is 13.6. The number of nitro groups is 1. The Morgan fingerprint density at radius 2 is 2.24 bits per heavy atom. The standard InChI is InChI=1S/C13H12N2O5S/c1-8-14-9(7-21-8)6-20-13(16)11-5-10(19-2)3-4-12(11)15(17)18/h3-5,7H,6H2,1-2H3. The van der Waals surface area contributed by atoms with Gasteiger partial charge >= 0.3 is 5.97 Å². The highest BCUT2D eigenvalue weighted by molar-refractivity contribution is 7.09. The Morgan fingerprint density at radius 1 is 1.48 bits per heavy atom. The third-order valence-electron chi connectivity index (χ3n) is 2.64. The topological polar surface area (TPSA) is 91.6 Å². The van der Waals surface area contributed by atoms with E-state index in [1.807, 2.05) is 6.92 Å². The smallest absolute Gasteiger partial charge is 0.345 e. The van der Waals surface area contributed by atoms with E-state index in [4.69, 9.17) is 9.47 Å². The number of ether oxygens (including phenoxy) is 2. The molecule has 0 saturated carbocycles. The number of hydrogen-bond acceptors (Lipinski definition) is 7. The maximum atomic E-state index is 12.0. The summed E-state index contributed by atoms with van der Waals surface area (Å²) >= 11 is 1.44. The van der Waals surface area contributed by atoms with Crippen LogP contribution in [-0.4, -0.2) is 23.0 Å². The van der Waals surface area contributed by atoms with Gasteiger partial charge in [-0.2, -0.15) is 0 Å². The first-order valence-electron chi connectivity index (χ1n) is 5.92. The normalized spacial score (nSPS) is 10.2. The average Bonchev–Trinajstić information content (AvgIpc) is 2.89. The molecule has 0 bridgehead atoms. The molecule has 8 heteroatoms. The van der Waals surface area contributed by atoms with E-state index in [-0.39, 0.29) is 17.9 Å². The number of rotatable bonds is 5. The Balaban J connectivity index is 2.19. The van der Waals surface area contributed by atoms with E-state index in [1.165, 1.54) is 36.6 Å². The summed E-state index contributed by atoms with van der Waals surface area (Å²) < 4.78 is 10.0. The Morgan fingerprint density at radius 3 is 2.81 bits per heavy atom. The minimum Gasteiger partial charge on any atom is -0.497 e. The lowest BCUT2D eigenvalue weighted by atomic mass is 10.1.